The maximum absolute atomic E-state index is 11.2. The van der Waals surface area contributed by atoms with Crippen molar-refractivity contribution in [2.75, 3.05) is 5.73 Å². The monoisotopic (exact) mass is 270 g/mol. The van der Waals surface area contributed by atoms with Crippen LogP contribution in [0.3, 0.4) is 0 Å². The van der Waals surface area contributed by atoms with E-state index in [0.717, 1.165) is 15.7 Å². The molecule has 0 amide bonds. The van der Waals surface area contributed by atoms with E-state index in [-0.39, 0.29) is 5.56 Å². The molecule has 3 rings (SSSR count). The lowest BCUT2D eigenvalue weighted by molar-refractivity contribution is 0.937. The molecule has 0 radical (unpaired) electrons. The van der Waals surface area contributed by atoms with Crippen LogP contribution in [0.25, 0.3) is 10.8 Å². The summed E-state index contributed by atoms with van der Waals surface area (Å²) in [5, 5.41) is 2.45. The van der Waals surface area contributed by atoms with Gasteiger partial charge in [-0.2, -0.15) is 0 Å². The summed E-state index contributed by atoms with van der Waals surface area (Å²) in [6, 6.07) is 7.09. The van der Waals surface area contributed by atoms with E-state index in [2.05, 4.69) is 15.0 Å². The average molecular weight is 270 g/mol. The molecule has 0 spiro atoms. The zero-order valence-corrected chi connectivity index (χ0v) is 10.6. The van der Waals surface area contributed by atoms with Gasteiger partial charge in [0.2, 0.25) is 0 Å². The number of pyridine rings is 1. The number of H-pyrrole nitrogens is 1. The van der Waals surface area contributed by atoms with Gasteiger partial charge in [0.25, 0.3) is 5.56 Å². The van der Waals surface area contributed by atoms with Gasteiger partial charge in [0, 0.05) is 40.3 Å². The zero-order valence-electron chi connectivity index (χ0n) is 9.83. The van der Waals surface area contributed by atoms with Crippen LogP contribution in [0.15, 0.2) is 57.7 Å². The highest BCUT2D eigenvalue weighted by molar-refractivity contribution is 7.99. The second-order valence-electron chi connectivity index (χ2n) is 3.92. The fourth-order valence-corrected chi connectivity index (χ4v) is 2.60. The summed E-state index contributed by atoms with van der Waals surface area (Å²) in [5.41, 5.74) is 6.62. The van der Waals surface area contributed by atoms with Gasteiger partial charge in [-0.1, -0.05) is 6.07 Å². The topological polar surface area (TPSA) is 84.7 Å². The highest BCUT2D eigenvalue weighted by Gasteiger charge is 2.07. The third-order valence-electron chi connectivity index (χ3n) is 2.68. The lowest BCUT2D eigenvalue weighted by Gasteiger charge is -2.07. The number of nitrogens with one attached hydrogen (secondary N) is 1. The Hall–Kier alpha value is -2.34. The molecule has 3 N–H and O–H groups in total. The van der Waals surface area contributed by atoms with Crippen molar-refractivity contribution in [1.82, 2.24) is 15.0 Å². The first kappa shape index (κ1) is 11.7. The second kappa shape index (κ2) is 4.74. The normalized spacial score (nSPS) is 10.7. The molecule has 19 heavy (non-hydrogen) atoms. The van der Waals surface area contributed by atoms with Gasteiger partial charge < -0.3 is 10.7 Å². The molecule has 1 aromatic carbocycles. The lowest BCUT2D eigenvalue weighted by atomic mass is 10.1. The maximum atomic E-state index is 11.2. The quantitative estimate of drug-likeness (QED) is 0.550. The molecule has 0 aliphatic heterocycles. The summed E-state index contributed by atoms with van der Waals surface area (Å²) in [6.45, 7) is 0. The Morgan fingerprint density at radius 1 is 1.16 bits per heavy atom. The second-order valence-corrected chi connectivity index (χ2v) is 4.95. The predicted octanol–water partition coefficient (Wildman–Crippen LogP) is 2.05. The fourth-order valence-electron chi connectivity index (χ4n) is 1.77. The molecule has 0 saturated carbocycles. The van der Waals surface area contributed by atoms with Gasteiger partial charge in [-0.15, -0.1) is 0 Å². The van der Waals surface area contributed by atoms with E-state index in [0.29, 0.717) is 10.8 Å². The van der Waals surface area contributed by atoms with Crippen molar-refractivity contribution in [2.45, 2.75) is 10.1 Å². The SMILES string of the molecule is Nc1c(Sc2nccc(=O)[nH]2)ccc2cnccc12. The van der Waals surface area contributed by atoms with Gasteiger partial charge in [0.15, 0.2) is 5.16 Å². The first-order chi connectivity index (χ1) is 9.24. The van der Waals surface area contributed by atoms with Crippen molar-refractivity contribution >= 4 is 28.2 Å². The molecule has 94 valence electrons. The Labute approximate surface area is 112 Å². The minimum absolute atomic E-state index is 0.180. The number of anilines is 1. The summed E-state index contributed by atoms with van der Waals surface area (Å²) >= 11 is 1.33. The predicted molar refractivity (Wildman–Crippen MR) is 75.1 cm³/mol. The van der Waals surface area contributed by atoms with Crippen LogP contribution < -0.4 is 11.3 Å². The molecular formula is C13H10N4OS. The smallest absolute Gasteiger partial charge is 0.251 e. The van der Waals surface area contributed by atoms with Crippen LogP contribution in [0.2, 0.25) is 0 Å². The molecule has 0 saturated heterocycles. The molecule has 0 aliphatic carbocycles. The van der Waals surface area contributed by atoms with E-state index in [4.69, 9.17) is 5.73 Å². The molecule has 0 unspecified atom stereocenters. The third kappa shape index (κ3) is 2.30. The Morgan fingerprint density at radius 3 is 2.89 bits per heavy atom. The number of benzene rings is 1. The van der Waals surface area contributed by atoms with Crippen LogP contribution in [-0.2, 0) is 0 Å². The molecule has 6 heteroatoms. The summed E-state index contributed by atoms with van der Waals surface area (Å²) in [4.78, 5) is 22.9. The van der Waals surface area contributed by atoms with E-state index in [1.165, 1.54) is 24.0 Å². The van der Waals surface area contributed by atoms with Gasteiger partial charge in [-0.3, -0.25) is 9.78 Å². The van der Waals surface area contributed by atoms with Crippen molar-refractivity contribution in [3.8, 4) is 0 Å². The summed E-state index contributed by atoms with van der Waals surface area (Å²) in [6.07, 6.45) is 4.95. The zero-order chi connectivity index (χ0) is 13.2. The Morgan fingerprint density at radius 2 is 2.05 bits per heavy atom. The summed E-state index contributed by atoms with van der Waals surface area (Å²) in [7, 11) is 0. The lowest BCUT2D eigenvalue weighted by Crippen LogP contribution is -2.05. The number of nitrogens with zero attached hydrogens (tertiary/aromatic N) is 2. The molecule has 0 bridgehead atoms. The van der Waals surface area contributed by atoms with Gasteiger partial charge in [0.1, 0.15) is 0 Å². The average Bonchev–Trinajstić information content (AvgIpc) is 2.42. The molecule has 5 nitrogen and oxygen atoms in total. The third-order valence-corrected chi connectivity index (χ3v) is 3.65. The Bertz CT molecular complexity index is 800. The van der Waals surface area contributed by atoms with Crippen molar-refractivity contribution < 1.29 is 0 Å². The van der Waals surface area contributed by atoms with Gasteiger partial charge in [-0.05, 0) is 23.9 Å². The van der Waals surface area contributed by atoms with E-state index in [9.17, 15) is 4.79 Å². The number of aromatic amines is 1. The van der Waals surface area contributed by atoms with Crippen LogP contribution in [-0.4, -0.2) is 15.0 Å². The van der Waals surface area contributed by atoms with Crippen molar-refractivity contribution in [1.29, 1.82) is 0 Å². The first-order valence-electron chi connectivity index (χ1n) is 5.59. The molecule has 3 aromatic rings. The Balaban J connectivity index is 2.06. The maximum Gasteiger partial charge on any atom is 0.251 e. The van der Waals surface area contributed by atoms with Gasteiger partial charge in [-0.25, -0.2) is 4.98 Å². The van der Waals surface area contributed by atoms with Crippen LogP contribution in [0, 0.1) is 0 Å². The summed E-state index contributed by atoms with van der Waals surface area (Å²) in [5.74, 6) is 0. The molecule has 2 aromatic heterocycles. The highest BCUT2D eigenvalue weighted by atomic mass is 32.2. The first-order valence-corrected chi connectivity index (χ1v) is 6.41. The highest BCUT2D eigenvalue weighted by Crippen LogP contribution is 2.33. The molecule has 0 aliphatic rings. The minimum atomic E-state index is -0.180. The summed E-state index contributed by atoms with van der Waals surface area (Å²) < 4.78 is 0. The minimum Gasteiger partial charge on any atom is -0.397 e. The van der Waals surface area contributed by atoms with E-state index in [1.807, 2.05) is 18.2 Å². The van der Waals surface area contributed by atoms with E-state index in [1.54, 1.807) is 12.4 Å². The number of nitrogens with two attached hydrogens (primary N) is 1. The van der Waals surface area contributed by atoms with Crippen LogP contribution in [0.1, 0.15) is 0 Å². The number of hydrogen-bond acceptors (Lipinski definition) is 5. The molecule has 0 atom stereocenters. The molecular weight excluding hydrogens is 260 g/mol. The molecule has 2 heterocycles. The van der Waals surface area contributed by atoms with E-state index < -0.39 is 0 Å². The standard InChI is InChI=1S/C13H10N4OS/c14-12-9-3-5-15-7-8(9)1-2-10(12)19-13-16-6-4-11(18)17-13/h1-7H,14H2,(H,16,17,18). The van der Waals surface area contributed by atoms with E-state index >= 15 is 0 Å². The number of aromatic nitrogens is 3. The molecule has 0 fully saturated rings. The van der Waals surface area contributed by atoms with Gasteiger partial charge in [0.05, 0.1) is 5.69 Å². The van der Waals surface area contributed by atoms with Crippen molar-refractivity contribution in [3.05, 3.63) is 53.2 Å². The number of nitrogen functional groups attached to an aromatic ring is 1. The Kier molecular flexibility index (Phi) is 2.92. The van der Waals surface area contributed by atoms with Crippen molar-refractivity contribution in [2.24, 2.45) is 0 Å². The van der Waals surface area contributed by atoms with Crippen LogP contribution >= 0.6 is 11.8 Å². The van der Waals surface area contributed by atoms with Crippen LogP contribution in [0.4, 0.5) is 5.69 Å². The largest absolute Gasteiger partial charge is 0.397 e. The van der Waals surface area contributed by atoms with Gasteiger partial charge >= 0.3 is 0 Å². The van der Waals surface area contributed by atoms with Crippen molar-refractivity contribution in [3.63, 3.8) is 0 Å². The number of hydrogen-bond donors (Lipinski definition) is 2. The fraction of sp³-hybridized carbons (Fsp3) is 0. The number of fused-ring (bicyclic) bond motifs is 1. The number of rotatable bonds is 2. The van der Waals surface area contributed by atoms with Crippen LogP contribution in [0.5, 0.6) is 0 Å².